The quantitative estimate of drug-likeness (QED) is 0.766. The van der Waals surface area contributed by atoms with Crippen molar-refractivity contribution in [1.29, 1.82) is 0 Å². The summed E-state index contributed by atoms with van der Waals surface area (Å²) in [6, 6.07) is 6.85. The maximum Gasteiger partial charge on any atom is 0.223 e. The van der Waals surface area contributed by atoms with Crippen molar-refractivity contribution in [1.82, 2.24) is 10.2 Å². The predicted octanol–water partition coefficient (Wildman–Crippen LogP) is 3.54. The molecule has 0 aromatic heterocycles. The molecule has 3 unspecified atom stereocenters. The maximum absolute atomic E-state index is 13.5. The van der Waals surface area contributed by atoms with E-state index < -0.39 is 0 Å². The molecule has 0 radical (unpaired) electrons. The Kier molecular flexibility index (Phi) is 9.49. The Hall–Kier alpha value is -0.880. The lowest BCUT2D eigenvalue weighted by atomic mass is 9.65. The molecule has 4 nitrogen and oxygen atoms in total. The average molecular weight is 420 g/mol. The first-order valence-electron chi connectivity index (χ1n) is 9.41. The summed E-state index contributed by atoms with van der Waals surface area (Å²) >= 11 is 0. The third-order valence-electron chi connectivity index (χ3n) is 6.11. The van der Waals surface area contributed by atoms with E-state index in [9.17, 15) is 9.18 Å². The van der Waals surface area contributed by atoms with Gasteiger partial charge in [0.05, 0.1) is 6.04 Å². The summed E-state index contributed by atoms with van der Waals surface area (Å²) in [7, 11) is 3.90. The van der Waals surface area contributed by atoms with Crippen molar-refractivity contribution < 1.29 is 9.18 Å². The first-order chi connectivity index (χ1) is 12.0. The van der Waals surface area contributed by atoms with Crippen LogP contribution in [0.15, 0.2) is 24.3 Å². The largest absolute Gasteiger partial charge is 0.354 e. The van der Waals surface area contributed by atoms with Crippen molar-refractivity contribution in [2.75, 3.05) is 20.6 Å². The smallest absolute Gasteiger partial charge is 0.223 e. The minimum absolute atomic E-state index is 0. The number of nitrogens with zero attached hydrogens (tertiary/aromatic N) is 1. The Morgan fingerprint density at radius 2 is 1.89 bits per heavy atom. The number of fused-ring (bicyclic) bond motifs is 2. The normalized spacial score (nSPS) is 27.9. The fraction of sp³-hybridized carbons (Fsp3) is 0.650. The number of rotatable bonds is 5. The van der Waals surface area contributed by atoms with E-state index in [1.54, 1.807) is 12.1 Å². The van der Waals surface area contributed by atoms with Gasteiger partial charge >= 0.3 is 0 Å². The number of likely N-dealkylation sites (N-methyl/N-ethyl adjacent to an activating group) is 1. The minimum Gasteiger partial charge on any atom is -0.354 e. The van der Waals surface area contributed by atoms with Gasteiger partial charge in [0.15, 0.2) is 0 Å². The van der Waals surface area contributed by atoms with Gasteiger partial charge in [0.2, 0.25) is 5.91 Å². The Bertz CT molecular complexity index is 603. The highest BCUT2D eigenvalue weighted by molar-refractivity contribution is 5.85. The van der Waals surface area contributed by atoms with E-state index in [1.165, 1.54) is 12.5 Å². The molecule has 2 bridgehead atoms. The van der Waals surface area contributed by atoms with Crippen molar-refractivity contribution in [3.63, 3.8) is 0 Å². The Morgan fingerprint density at radius 3 is 2.44 bits per heavy atom. The average Bonchev–Trinajstić information content (AvgIpc) is 2.54. The van der Waals surface area contributed by atoms with E-state index in [0.29, 0.717) is 18.4 Å². The second kappa shape index (κ2) is 10.6. The molecular formula is C20H32Cl2FN3O. The van der Waals surface area contributed by atoms with E-state index in [4.69, 9.17) is 5.73 Å². The number of nitrogens with one attached hydrogen (secondary N) is 1. The molecule has 0 aliphatic heterocycles. The third-order valence-corrected chi connectivity index (χ3v) is 6.11. The molecule has 0 saturated heterocycles. The van der Waals surface area contributed by atoms with Gasteiger partial charge in [0, 0.05) is 18.5 Å². The molecule has 2 aliphatic rings. The number of carbonyl (C=O) groups excluding carboxylic acids is 1. The van der Waals surface area contributed by atoms with Gasteiger partial charge in [0.1, 0.15) is 5.82 Å². The summed E-state index contributed by atoms with van der Waals surface area (Å²) in [5.74, 6) is 0.953. The van der Waals surface area contributed by atoms with Crippen LogP contribution in [0.2, 0.25) is 0 Å². The van der Waals surface area contributed by atoms with Crippen molar-refractivity contribution in [3.05, 3.63) is 35.6 Å². The van der Waals surface area contributed by atoms with Crippen LogP contribution in [0, 0.1) is 23.6 Å². The first kappa shape index (κ1) is 24.2. The molecule has 1 amide bonds. The summed E-state index contributed by atoms with van der Waals surface area (Å²) < 4.78 is 13.5. The van der Waals surface area contributed by atoms with Gasteiger partial charge in [-0.1, -0.05) is 18.6 Å². The van der Waals surface area contributed by atoms with E-state index >= 15 is 0 Å². The molecule has 2 saturated carbocycles. The van der Waals surface area contributed by atoms with E-state index in [1.807, 2.05) is 25.1 Å². The second-order valence-corrected chi connectivity index (χ2v) is 7.98. The summed E-state index contributed by atoms with van der Waals surface area (Å²) in [5, 5.41) is 3.11. The van der Waals surface area contributed by atoms with Gasteiger partial charge in [-0.3, -0.25) is 4.79 Å². The van der Waals surface area contributed by atoms with Gasteiger partial charge < -0.3 is 16.0 Å². The summed E-state index contributed by atoms with van der Waals surface area (Å²) in [6.45, 7) is 0.493. The topological polar surface area (TPSA) is 58.4 Å². The van der Waals surface area contributed by atoms with Gasteiger partial charge in [-0.15, -0.1) is 24.8 Å². The first-order valence-corrected chi connectivity index (χ1v) is 9.41. The van der Waals surface area contributed by atoms with Gasteiger partial charge in [-0.05, 0) is 69.3 Å². The van der Waals surface area contributed by atoms with Crippen LogP contribution in [0.3, 0.4) is 0 Å². The molecule has 1 aromatic carbocycles. The fourth-order valence-electron chi connectivity index (χ4n) is 4.66. The molecule has 2 aliphatic carbocycles. The zero-order valence-corrected chi connectivity index (χ0v) is 17.7. The molecule has 3 N–H and O–H groups in total. The molecule has 0 spiro atoms. The number of nitrogens with two attached hydrogens (primary N) is 1. The zero-order valence-electron chi connectivity index (χ0n) is 16.1. The Balaban J connectivity index is 0.00000182. The van der Waals surface area contributed by atoms with Crippen molar-refractivity contribution in [2.24, 2.45) is 23.5 Å². The van der Waals surface area contributed by atoms with Crippen LogP contribution in [0.5, 0.6) is 0 Å². The lowest BCUT2D eigenvalue weighted by molar-refractivity contribution is -0.128. The van der Waals surface area contributed by atoms with Crippen LogP contribution in [0.4, 0.5) is 4.39 Å². The Morgan fingerprint density at radius 1 is 1.26 bits per heavy atom. The van der Waals surface area contributed by atoms with E-state index in [-0.39, 0.29) is 54.5 Å². The van der Waals surface area contributed by atoms with Gasteiger partial charge in [-0.25, -0.2) is 4.39 Å². The number of hydrogen-bond acceptors (Lipinski definition) is 3. The highest BCUT2D eigenvalue weighted by Gasteiger charge is 2.40. The summed E-state index contributed by atoms with van der Waals surface area (Å²) in [6.07, 6.45) is 5.39. The minimum atomic E-state index is -0.246. The number of carbonyl (C=O) groups is 1. The van der Waals surface area contributed by atoms with Crippen LogP contribution in [0.25, 0.3) is 0 Å². The molecular weight excluding hydrogens is 388 g/mol. The predicted molar refractivity (Wildman–Crippen MR) is 112 cm³/mol. The molecule has 1 aromatic rings. The van der Waals surface area contributed by atoms with Crippen molar-refractivity contribution in [2.45, 2.75) is 44.2 Å². The van der Waals surface area contributed by atoms with Gasteiger partial charge in [0.25, 0.3) is 0 Å². The lowest BCUT2D eigenvalue weighted by Gasteiger charge is -2.43. The van der Waals surface area contributed by atoms with Crippen LogP contribution < -0.4 is 11.1 Å². The van der Waals surface area contributed by atoms with Crippen molar-refractivity contribution in [3.8, 4) is 0 Å². The summed E-state index contributed by atoms with van der Waals surface area (Å²) in [5.41, 5.74) is 7.21. The number of amides is 1. The molecule has 154 valence electrons. The highest BCUT2D eigenvalue weighted by atomic mass is 35.5. The monoisotopic (exact) mass is 419 g/mol. The van der Waals surface area contributed by atoms with E-state index in [0.717, 1.165) is 31.2 Å². The second-order valence-electron chi connectivity index (χ2n) is 7.98. The summed E-state index contributed by atoms with van der Waals surface area (Å²) in [4.78, 5) is 14.7. The molecule has 3 atom stereocenters. The number of hydrogen-bond donors (Lipinski definition) is 2. The molecule has 2 fully saturated rings. The lowest BCUT2D eigenvalue weighted by Crippen LogP contribution is -2.49. The van der Waals surface area contributed by atoms with Gasteiger partial charge in [-0.2, -0.15) is 0 Å². The molecule has 0 heterocycles. The fourth-order valence-corrected chi connectivity index (χ4v) is 4.66. The van der Waals surface area contributed by atoms with Crippen LogP contribution in [-0.2, 0) is 4.79 Å². The molecule has 27 heavy (non-hydrogen) atoms. The Labute approximate surface area is 174 Å². The molecule has 7 heteroatoms. The van der Waals surface area contributed by atoms with Crippen LogP contribution in [-0.4, -0.2) is 37.5 Å². The standard InChI is InChI=1S/C20H30FN3O.2ClH/c1-24(2)18(13-5-4-8-17(21)11-13)12-23-20(25)16-9-14-6-3-7-15(10-16)19(14)22;;/h4-5,8,11,14-16,18-19H,3,6-7,9-10,12,22H2,1-2H3,(H,23,25);2*1H. The molecule has 3 rings (SSSR count). The third kappa shape index (κ3) is 5.80. The van der Waals surface area contributed by atoms with Crippen LogP contribution in [0.1, 0.15) is 43.7 Å². The number of halogens is 3. The SMILES string of the molecule is CN(C)C(CNC(=O)C1CC2CCCC(C1)C2N)c1cccc(F)c1.Cl.Cl. The number of benzene rings is 1. The van der Waals surface area contributed by atoms with Crippen LogP contribution >= 0.6 is 24.8 Å². The maximum atomic E-state index is 13.5. The zero-order chi connectivity index (χ0) is 18.0. The van der Waals surface area contributed by atoms with Crippen molar-refractivity contribution >= 4 is 30.7 Å². The van der Waals surface area contributed by atoms with E-state index in [2.05, 4.69) is 5.32 Å². The highest BCUT2D eigenvalue weighted by Crippen LogP contribution is 2.41.